The number of hydrogen-bond donors (Lipinski definition) is 2. The third kappa shape index (κ3) is 2.61. The lowest BCUT2D eigenvalue weighted by Gasteiger charge is -2.20. The molecule has 0 fully saturated rings. The van der Waals surface area contributed by atoms with Gasteiger partial charge in [0.2, 0.25) is 0 Å². The van der Waals surface area contributed by atoms with Crippen LogP contribution in [0.3, 0.4) is 0 Å². The van der Waals surface area contributed by atoms with Crippen molar-refractivity contribution < 1.29 is 8.42 Å². The summed E-state index contributed by atoms with van der Waals surface area (Å²) in [6, 6.07) is 5.01. The normalized spacial score (nSPS) is 11.4. The predicted molar refractivity (Wildman–Crippen MR) is 64.9 cm³/mol. The van der Waals surface area contributed by atoms with Crippen LogP contribution in [0.1, 0.15) is 0 Å². The van der Waals surface area contributed by atoms with Gasteiger partial charge in [-0.3, -0.25) is 4.31 Å². The van der Waals surface area contributed by atoms with Gasteiger partial charge < -0.3 is 5.73 Å². The molecule has 0 unspecified atom stereocenters. The molecular weight excluding hydrogens is 282 g/mol. The maximum absolute atomic E-state index is 11.5. The number of hydrogen-bond acceptors (Lipinski definition) is 3. The van der Waals surface area contributed by atoms with Crippen LogP contribution >= 0.6 is 15.9 Å². The van der Waals surface area contributed by atoms with Gasteiger partial charge in [0.1, 0.15) is 0 Å². The van der Waals surface area contributed by atoms with E-state index < -0.39 is 10.2 Å². The molecule has 15 heavy (non-hydrogen) atoms. The van der Waals surface area contributed by atoms with Gasteiger partial charge in [0.25, 0.3) is 0 Å². The first-order valence-electron chi connectivity index (χ1n) is 4.11. The van der Waals surface area contributed by atoms with E-state index in [-0.39, 0.29) is 0 Å². The van der Waals surface area contributed by atoms with Crippen LogP contribution in [0.15, 0.2) is 22.7 Å². The Morgan fingerprint density at radius 3 is 2.53 bits per heavy atom. The first kappa shape index (κ1) is 12.3. The van der Waals surface area contributed by atoms with Gasteiger partial charge in [-0.05, 0) is 18.2 Å². The van der Waals surface area contributed by atoms with Crippen LogP contribution < -0.4 is 14.8 Å². The molecule has 0 aliphatic carbocycles. The highest BCUT2D eigenvalue weighted by Crippen LogP contribution is 2.26. The fourth-order valence-corrected chi connectivity index (χ4v) is 2.16. The van der Waals surface area contributed by atoms with E-state index in [0.29, 0.717) is 11.4 Å². The average molecular weight is 294 g/mol. The van der Waals surface area contributed by atoms with Gasteiger partial charge in [-0.15, -0.1) is 0 Å². The van der Waals surface area contributed by atoms with Crippen LogP contribution in [-0.4, -0.2) is 22.5 Å². The SMILES string of the molecule is CNS(=O)(=O)N(C)c1ccc(Br)cc1N. The Hall–Kier alpha value is -0.790. The van der Waals surface area contributed by atoms with E-state index in [0.717, 1.165) is 8.78 Å². The quantitative estimate of drug-likeness (QED) is 0.814. The lowest BCUT2D eigenvalue weighted by molar-refractivity contribution is 0.586. The molecule has 0 saturated heterocycles. The van der Waals surface area contributed by atoms with Gasteiger partial charge in [-0.2, -0.15) is 8.42 Å². The van der Waals surface area contributed by atoms with Crippen molar-refractivity contribution >= 4 is 37.5 Å². The van der Waals surface area contributed by atoms with Gasteiger partial charge >= 0.3 is 10.2 Å². The first-order valence-corrected chi connectivity index (χ1v) is 6.34. The maximum atomic E-state index is 11.5. The van der Waals surface area contributed by atoms with Crippen molar-refractivity contribution in [1.29, 1.82) is 0 Å². The van der Waals surface area contributed by atoms with Crippen LogP contribution in [0.5, 0.6) is 0 Å². The van der Waals surface area contributed by atoms with Crippen molar-refractivity contribution in [3.05, 3.63) is 22.7 Å². The molecule has 0 aliphatic heterocycles. The van der Waals surface area contributed by atoms with E-state index in [4.69, 9.17) is 5.73 Å². The highest BCUT2D eigenvalue weighted by molar-refractivity contribution is 9.10. The number of nitrogen functional groups attached to an aromatic ring is 1. The summed E-state index contributed by atoms with van der Waals surface area (Å²) < 4.78 is 27.1. The monoisotopic (exact) mass is 293 g/mol. The van der Waals surface area contributed by atoms with Crippen molar-refractivity contribution in [2.75, 3.05) is 24.1 Å². The smallest absolute Gasteiger partial charge is 0.301 e. The molecule has 0 bridgehead atoms. The van der Waals surface area contributed by atoms with Crippen molar-refractivity contribution in [3.63, 3.8) is 0 Å². The summed E-state index contributed by atoms with van der Waals surface area (Å²) in [5.74, 6) is 0. The van der Waals surface area contributed by atoms with Crippen LogP contribution in [0.4, 0.5) is 11.4 Å². The molecule has 7 heteroatoms. The molecule has 0 radical (unpaired) electrons. The minimum atomic E-state index is -3.50. The molecule has 1 aromatic rings. The van der Waals surface area contributed by atoms with Crippen LogP contribution in [0.2, 0.25) is 0 Å². The summed E-state index contributed by atoms with van der Waals surface area (Å²) in [6.07, 6.45) is 0. The molecule has 0 aliphatic rings. The maximum Gasteiger partial charge on any atom is 0.301 e. The van der Waals surface area contributed by atoms with Gasteiger partial charge in [-0.1, -0.05) is 15.9 Å². The van der Waals surface area contributed by atoms with Gasteiger partial charge in [0, 0.05) is 18.6 Å². The molecular formula is C8H12BrN3O2S. The number of halogens is 1. The summed E-state index contributed by atoms with van der Waals surface area (Å²) in [5, 5.41) is 0. The molecule has 84 valence electrons. The van der Waals surface area contributed by atoms with Crippen molar-refractivity contribution in [2.24, 2.45) is 0 Å². The highest BCUT2D eigenvalue weighted by atomic mass is 79.9. The molecule has 1 rings (SSSR count). The largest absolute Gasteiger partial charge is 0.397 e. The standard InChI is InChI=1S/C8H12BrN3O2S/c1-11-15(13,14)12(2)8-4-3-6(9)5-7(8)10/h3-5,11H,10H2,1-2H3. The Morgan fingerprint density at radius 2 is 2.07 bits per heavy atom. The van der Waals surface area contributed by atoms with E-state index in [9.17, 15) is 8.42 Å². The zero-order chi connectivity index (χ0) is 11.6. The molecule has 3 N–H and O–H groups in total. The molecule has 1 aromatic carbocycles. The molecule has 0 spiro atoms. The van der Waals surface area contributed by atoms with Crippen molar-refractivity contribution in [2.45, 2.75) is 0 Å². The molecule has 5 nitrogen and oxygen atoms in total. The lowest BCUT2D eigenvalue weighted by atomic mass is 10.3. The second kappa shape index (κ2) is 4.38. The second-order valence-electron chi connectivity index (χ2n) is 2.88. The number of anilines is 2. The second-order valence-corrected chi connectivity index (χ2v) is 5.70. The third-order valence-electron chi connectivity index (χ3n) is 1.95. The fraction of sp³-hybridized carbons (Fsp3) is 0.250. The molecule has 0 saturated carbocycles. The average Bonchev–Trinajstić information content (AvgIpc) is 2.17. The van der Waals surface area contributed by atoms with Gasteiger partial charge in [0.05, 0.1) is 11.4 Å². The summed E-state index contributed by atoms with van der Waals surface area (Å²) in [6.45, 7) is 0. The number of nitrogens with zero attached hydrogens (tertiary/aromatic N) is 1. The number of nitrogens with two attached hydrogens (primary N) is 1. The molecule has 0 amide bonds. The lowest BCUT2D eigenvalue weighted by Crippen LogP contribution is -2.36. The summed E-state index contributed by atoms with van der Waals surface area (Å²) >= 11 is 3.25. The number of rotatable bonds is 3. The summed E-state index contributed by atoms with van der Waals surface area (Å²) in [7, 11) is -0.715. The zero-order valence-corrected chi connectivity index (χ0v) is 10.8. The van der Waals surface area contributed by atoms with Crippen LogP contribution in [0, 0.1) is 0 Å². The Balaban J connectivity index is 3.18. The summed E-state index contributed by atoms with van der Waals surface area (Å²) in [4.78, 5) is 0. The third-order valence-corrected chi connectivity index (χ3v) is 3.87. The van der Waals surface area contributed by atoms with Crippen LogP contribution in [-0.2, 0) is 10.2 Å². The van der Waals surface area contributed by atoms with Crippen molar-refractivity contribution in [3.8, 4) is 0 Å². The molecule has 0 atom stereocenters. The summed E-state index contributed by atoms with van der Waals surface area (Å²) in [5.41, 5.74) is 6.54. The van der Waals surface area contributed by atoms with E-state index >= 15 is 0 Å². The molecule has 0 heterocycles. The van der Waals surface area contributed by atoms with Gasteiger partial charge in [0.15, 0.2) is 0 Å². The highest BCUT2D eigenvalue weighted by Gasteiger charge is 2.17. The van der Waals surface area contributed by atoms with E-state index in [1.165, 1.54) is 14.1 Å². The molecule has 0 aromatic heterocycles. The van der Waals surface area contributed by atoms with Gasteiger partial charge in [-0.25, -0.2) is 4.72 Å². The minimum Gasteiger partial charge on any atom is -0.397 e. The van der Waals surface area contributed by atoms with E-state index in [2.05, 4.69) is 20.7 Å². The Bertz CT molecular complexity index is 461. The van der Waals surface area contributed by atoms with E-state index in [1.807, 2.05) is 0 Å². The first-order chi connectivity index (χ1) is 6.88. The zero-order valence-electron chi connectivity index (χ0n) is 8.36. The number of nitrogens with one attached hydrogen (secondary N) is 1. The topological polar surface area (TPSA) is 75.4 Å². The minimum absolute atomic E-state index is 0.394. The van der Waals surface area contributed by atoms with Crippen LogP contribution in [0.25, 0.3) is 0 Å². The Kier molecular flexibility index (Phi) is 3.58. The fourth-order valence-electron chi connectivity index (χ4n) is 1.08. The predicted octanol–water partition coefficient (Wildman–Crippen LogP) is 0.932. The Labute approximate surface area is 97.6 Å². The van der Waals surface area contributed by atoms with E-state index in [1.54, 1.807) is 18.2 Å². The van der Waals surface area contributed by atoms with Crippen molar-refractivity contribution in [1.82, 2.24) is 4.72 Å². The number of benzene rings is 1. The Morgan fingerprint density at radius 1 is 1.47 bits per heavy atom.